The Morgan fingerprint density at radius 3 is 2.19 bits per heavy atom. The van der Waals surface area contributed by atoms with Crippen LogP contribution in [0.5, 0.6) is 0 Å². The Hall–Kier alpha value is -1.73. The fraction of sp³-hybridized carbons (Fsp3) is 0.0769. The number of benzene rings is 2. The van der Waals surface area contributed by atoms with Crippen molar-refractivity contribution in [2.24, 2.45) is 0 Å². The second-order valence-corrected chi connectivity index (χ2v) is 6.23. The normalized spacial score (nSPS) is 12.2. The van der Waals surface area contributed by atoms with Crippen LogP contribution in [0.3, 0.4) is 0 Å². The van der Waals surface area contributed by atoms with Gasteiger partial charge in [-0.1, -0.05) is 29.8 Å². The Morgan fingerprint density at radius 2 is 1.62 bits per heavy atom. The highest BCUT2D eigenvalue weighted by molar-refractivity contribution is 7.92. The van der Waals surface area contributed by atoms with Crippen molar-refractivity contribution >= 4 is 27.3 Å². The third-order valence-electron chi connectivity index (χ3n) is 2.58. The lowest BCUT2D eigenvalue weighted by Gasteiger charge is -2.15. The SMILES string of the molecule is O=S(=O)(Nc1ccc(Cl)cc1C(F)(F)F)c1ccccc1. The highest BCUT2D eigenvalue weighted by Crippen LogP contribution is 2.37. The second-order valence-electron chi connectivity index (χ2n) is 4.11. The summed E-state index contributed by atoms with van der Waals surface area (Å²) in [5.41, 5.74) is -1.72. The molecule has 0 amide bonds. The molecule has 0 aliphatic carbocycles. The van der Waals surface area contributed by atoms with E-state index >= 15 is 0 Å². The lowest BCUT2D eigenvalue weighted by molar-refractivity contribution is -0.136. The molecular formula is C13H9ClF3NO2S. The predicted molar refractivity (Wildman–Crippen MR) is 73.7 cm³/mol. The number of halogens is 4. The number of alkyl halides is 3. The van der Waals surface area contributed by atoms with E-state index in [-0.39, 0.29) is 9.92 Å². The Kier molecular flexibility index (Phi) is 4.15. The summed E-state index contributed by atoms with van der Waals surface area (Å²) in [6.07, 6.45) is -4.72. The molecule has 0 unspecified atom stereocenters. The number of hydrogen-bond donors (Lipinski definition) is 1. The molecule has 1 N–H and O–H groups in total. The summed E-state index contributed by atoms with van der Waals surface area (Å²) in [7, 11) is -4.10. The molecule has 3 nitrogen and oxygen atoms in total. The molecule has 0 heterocycles. The van der Waals surface area contributed by atoms with E-state index in [0.29, 0.717) is 6.07 Å². The largest absolute Gasteiger partial charge is 0.418 e. The maximum absolute atomic E-state index is 12.9. The Morgan fingerprint density at radius 1 is 1.00 bits per heavy atom. The van der Waals surface area contributed by atoms with Gasteiger partial charge in [0.1, 0.15) is 0 Å². The third-order valence-corrected chi connectivity index (χ3v) is 4.20. The first-order chi connectivity index (χ1) is 9.70. The van der Waals surface area contributed by atoms with Gasteiger partial charge in [-0.2, -0.15) is 13.2 Å². The molecular weight excluding hydrogens is 327 g/mol. The van der Waals surface area contributed by atoms with Gasteiger partial charge in [0.2, 0.25) is 0 Å². The lowest BCUT2D eigenvalue weighted by Crippen LogP contribution is -2.17. The standard InChI is InChI=1S/C13H9ClF3NO2S/c14-9-6-7-12(11(8-9)13(15,16)17)18-21(19,20)10-4-2-1-3-5-10/h1-8,18H. The highest BCUT2D eigenvalue weighted by atomic mass is 35.5. The van der Waals surface area contributed by atoms with Gasteiger partial charge in [0, 0.05) is 5.02 Å². The van der Waals surface area contributed by atoms with Gasteiger partial charge in [-0.05, 0) is 30.3 Å². The molecule has 0 bridgehead atoms. The van der Waals surface area contributed by atoms with Gasteiger partial charge in [-0.3, -0.25) is 4.72 Å². The minimum atomic E-state index is -4.72. The van der Waals surface area contributed by atoms with Crippen LogP contribution in [0, 0.1) is 0 Å². The molecule has 2 aromatic carbocycles. The van der Waals surface area contributed by atoms with Crippen molar-refractivity contribution in [2.75, 3.05) is 4.72 Å². The molecule has 21 heavy (non-hydrogen) atoms. The summed E-state index contributed by atoms with van der Waals surface area (Å²) in [6, 6.07) is 9.94. The molecule has 0 saturated carbocycles. The van der Waals surface area contributed by atoms with Crippen molar-refractivity contribution in [1.82, 2.24) is 0 Å². The number of rotatable bonds is 3. The van der Waals surface area contributed by atoms with Gasteiger partial charge in [0.05, 0.1) is 16.1 Å². The van der Waals surface area contributed by atoms with Crippen LogP contribution < -0.4 is 4.72 Å². The zero-order valence-corrected chi connectivity index (χ0v) is 11.9. The quantitative estimate of drug-likeness (QED) is 0.915. The molecule has 2 rings (SSSR count). The van der Waals surface area contributed by atoms with Crippen LogP contribution in [-0.2, 0) is 16.2 Å². The molecule has 0 spiro atoms. The van der Waals surface area contributed by atoms with Crippen molar-refractivity contribution in [3.8, 4) is 0 Å². The van der Waals surface area contributed by atoms with Crippen molar-refractivity contribution in [2.45, 2.75) is 11.1 Å². The summed E-state index contributed by atoms with van der Waals surface area (Å²) in [6.45, 7) is 0. The van der Waals surface area contributed by atoms with Crippen LogP contribution in [0.25, 0.3) is 0 Å². The fourth-order valence-corrected chi connectivity index (χ4v) is 2.92. The van der Waals surface area contributed by atoms with E-state index in [9.17, 15) is 21.6 Å². The number of hydrogen-bond acceptors (Lipinski definition) is 2. The molecule has 0 atom stereocenters. The van der Waals surface area contributed by atoms with E-state index in [2.05, 4.69) is 0 Å². The van der Waals surface area contributed by atoms with E-state index < -0.39 is 27.5 Å². The van der Waals surface area contributed by atoms with Crippen molar-refractivity contribution < 1.29 is 21.6 Å². The van der Waals surface area contributed by atoms with Gasteiger partial charge in [0.15, 0.2) is 0 Å². The zero-order valence-electron chi connectivity index (χ0n) is 10.4. The van der Waals surface area contributed by atoms with Crippen LogP contribution >= 0.6 is 11.6 Å². The van der Waals surface area contributed by atoms with Crippen LogP contribution in [0.15, 0.2) is 53.4 Å². The van der Waals surface area contributed by atoms with E-state index in [1.807, 2.05) is 4.72 Å². The van der Waals surface area contributed by atoms with Crippen molar-refractivity contribution in [3.05, 3.63) is 59.1 Å². The summed E-state index contributed by atoms with van der Waals surface area (Å²) >= 11 is 5.53. The predicted octanol–water partition coefficient (Wildman–Crippen LogP) is 4.16. The van der Waals surface area contributed by atoms with Crippen LogP contribution in [0.2, 0.25) is 5.02 Å². The molecule has 0 saturated heterocycles. The minimum absolute atomic E-state index is 0.131. The topological polar surface area (TPSA) is 46.2 Å². The van der Waals surface area contributed by atoms with Gasteiger partial charge >= 0.3 is 6.18 Å². The Balaban J connectivity index is 2.45. The second kappa shape index (κ2) is 5.57. The van der Waals surface area contributed by atoms with Gasteiger partial charge < -0.3 is 0 Å². The average Bonchev–Trinajstić information content (AvgIpc) is 2.40. The minimum Gasteiger partial charge on any atom is -0.279 e. The van der Waals surface area contributed by atoms with E-state index in [1.54, 1.807) is 6.07 Å². The molecule has 0 aliphatic heterocycles. The zero-order chi connectivity index (χ0) is 15.7. The van der Waals surface area contributed by atoms with Crippen molar-refractivity contribution in [3.63, 3.8) is 0 Å². The average molecular weight is 336 g/mol. The first-order valence-electron chi connectivity index (χ1n) is 5.65. The summed E-state index contributed by atoms with van der Waals surface area (Å²) in [4.78, 5) is -0.131. The fourth-order valence-electron chi connectivity index (χ4n) is 1.64. The number of nitrogens with one attached hydrogen (secondary N) is 1. The summed E-state index contributed by atoms with van der Waals surface area (Å²) < 4.78 is 64.8. The van der Waals surface area contributed by atoms with E-state index in [0.717, 1.165) is 6.07 Å². The molecule has 0 radical (unpaired) electrons. The first kappa shape index (κ1) is 15.7. The summed E-state index contributed by atoms with van der Waals surface area (Å²) in [5, 5.41) is -0.134. The van der Waals surface area contributed by atoms with Crippen LogP contribution in [-0.4, -0.2) is 8.42 Å². The highest BCUT2D eigenvalue weighted by Gasteiger charge is 2.34. The van der Waals surface area contributed by atoms with Gasteiger partial charge in [-0.25, -0.2) is 8.42 Å². The molecule has 0 aromatic heterocycles. The maximum atomic E-state index is 12.9. The maximum Gasteiger partial charge on any atom is 0.418 e. The molecule has 112 valence electrons. The van der Waals surface area contributed by atoms with E-state index in [4.69, 9.17) is 11.6 Å². The van der Waals surface area contributed by atoms with E-state index in [1.165, 1.54) is 30.3 Å². The smallest absolute Gasteiger partial charge is 0.279 e. The van der Waals surface area contributed by atoms with Gasteiger partial charge in [-0.15, -0.1) is 0 Å². The Labute approximate surface area is 124 Å². The molecule has 2 aromatic rings. The first-order valence-corrected chi connectivity index (χ1v) is 7.51. The number of sulfonamides is 1. The molecule has 0 fully saturated rings. The van der Waals surface area contributed by atoms with Crippen LogP contribution in [0.4, 0.5) is 18.9 Å². The molecule has 8 heteroatoms. The molecule has 0 aliphatic rings. The lowest BCUT2D eigenvalue weighted by atomic mass is 10.2. The number of anilines is 1. The Bertz CT molecular complexity index is 746. The van der Waals surface area contributed by atoms with Crippen LogP contribution in [0.1, 0.15) is 5.56 Å². The third kappa shape index (κ3) is 3.68. The van der Waals surface area contributed by atoms with Gasteiger partial charge in [0.25, 0.3) is 10.0 Å². The van der Waals surface area contributed by atoms with Crippen molar-refractivity contribution in [1.29, 1.82) is 0 Å². The monoisotopic (exact) mass is 335 g/mol. The summed E-state index contributed by atoms with van der Waals surface area (Å²) in [5.74, 6) is 0.